The lowest BCUT2D eigenvalue weighted by Gasteiger charge is -2.12. The summed E-state index contributed by atoms with van der Waals surface area (Å²) < 4.78 is 11.1. The number of aromatic carboxylic acids is 1. The molecular formula is C21H17NO8S. The number of benzene rings is 2. The Bertz CT molecular complexity index is 1090. The smallest absolute Gasteiger partial charge is 0.335 e. The van der Waals surface area contributed by atoms with Gasteiger partial charge in [0, 0.05) is 0 Å². The van der Waals surface area contributed by atoms with E-state index in [1.807, 2.05) is 0 Å². The van der Waals surface area contributed by atoms with Crippen LogP contribution in [0.5, 0.6) is 11.5 Å². The van der Waals surface area contributed by atoms with Gasteiger partial charge in [-0.05, 0) is 53.2 Å². The molecule has 1 aliphatic rings. The van der Waals surface area contributed by atoms with Gasteiger partial charge in [-0.3, -0.25) is 19.3 Å². The van der Waals surface area contributed by atoms with Crippen LogP contribution in [0.15, 0.2) is 47.4 Å². The summed E-state index contributed by atoms with van der Waals surface area (Å²) in [5, 5.41) is 17.3. The summed E-state index contributed by atoms with van der Waals surface area (Å²) in [6.45, 7) is -0.577. The molecule has 0 spiro atoms. The van der Waals surface area contributed by atoms with Gasteiger partial charge < -0.3 is 19.7 Å². The molecule has 0 saturated carbocycles. The molecule has 3 rings (SSSR count). The first-order valence-corrected chi connectivity index (χ1v) is 9.70. The van der Waals surface area contributed by atoms with E-state index in [1.165, 1.54) is 25.3 Å². The Kier molecular flexibility index (Phi) is 6.61. The molecule has 2 amide bonds. The van der Waals surface area contributed by atoms with Crippen molar-refractivity contribution in [2.45, 2.75) is 6.61 Å². The number of ether oxygens (including phenoxy) is 2. The summed E-state index contributed by atoms with van der Waals surface area (Å²) in [4.78, 5) is 46.8. The van der Waals surface area contributed by atoms with Crippen molar-refractivity contribution < 1.29 is 38.9 Å². The highest BCUT2D eigenvalue weighted by Crippen LogP contribution is 2.34. The van der Waals surface area contributed by atoms with Gasteiger partial charge in [-0.1, -0.05) is 18.2 Å². The molecule has 0 atom stereocenters. The van der Waals surface area contributed by atoms with Crippen molar-refractivity contribution in [3.8, 4) is 11.5 Å². The molecule has 2 N–H and O–H groups in total. The lowest BCUT2D eigenvalue weighted by Crippen LogP contribution is -2.33. The van der Waals surface area contributed by atoms with Crippen molar-refractivity contribution in [2.75, 3.05) is 13.7 Å². The summed E-state index contributed by atoms with van der Waals surface area (Å²) in [6, 6.07) is 11.2. The average molecular weight is 443 g/mol. The highest BCUT2D eigenvalue weighted by molar-refractivity contribution is 8.18. The molecule has 0 aromatic heterocycles. The number of methoxy groups -OCH3 is 1. The summed E-state index contributed by atoms with van der Waals surface area (Å²) in [7, 11) is 1.44. The second-order valence-electron chi connectivity index (χ2n) is 6.37. The van der Waals surface area contributed by atoms with Gasteiger partial charge in [-0.25, -0.2) is 4.79 Å². The van der Waals surface area contributed by atoms with Crippen LogP contribution in [0.25, 0.3) is 6.08 Å². The number of aliphatic carboxylic acids is 1. The standard InChI is InChI=1S/C21H17NO8S/c1-29-16-8-12(9-17-19(25)22(10-18(23)24)21(28)31-17)5-6-15(16)30-11-13-3-2-4-14(7-13)20(26)27/h2-9H,10-11H2,1H3,(H,23,24)(H,26,27). The van der Waals surface area contributed by atoms with Crippen LogP contribution in [0, 0.1) is 0 Å². The van der Waals surface area contributed by atoms with Gasteiger partial charge in [0.25, 0.3) is 11.1 Å². The SMILES string of the molecule is COc1cc(C=C2SC(=O)N(CC(=O)O)C2=O)ccc1OCc1cccc(C(=O)O)c1. The molecule has 0 radical (unpaired) electrons. The van der Waals surface area contributed by atoms with Gasteiger partial charge in [-0.2, -0.15) is 0 Å². The number of nitrogens with zero attached hydrogens (tertiary/aromatic N) is 1. The van der Waals surface area contributed by atoms with E-state index < -0.39 is 29.6 Å². The van der Waals surface area contributed by atoms with Crippen molar-refractivity contribution in [1.29, 1.82) is 0 Å². The third-order valence-electron chi connectivity index (χ3n) is 4.22. The van der Waals surface area contributed by atoms with Crippen LogP contribution in [0.1, 0.15) is 21.5 Å². The molecule has 1 aliphatic heterocycles. The Morgan fingerprint density at radius 2 is 1.87 bits per heavy atom. The first kappa shape index (κ1) is 21.9. The number of hydrogen-bond acceptors (Lipinski definition) is 7. The number of hydrogen-bond donors (Lipinski definition) is 2. The molecule has 160 valence electrons. The number of carboxylic acid groups (broad SMARTS) is 2. The van der Waals surface area contributed by atoms with Crippen LogP contribution >= 0.6 is 11.8 Å². The fourth-order valence-electron chi connectivity index (χ4n) is 2.77. The molecule has 2 aromatic carbocycles. The van der Waals surface area contributed by atoms with E-state index in [9.17, 15) is 19.2 Å². The average Bonchev–Trinajstić information content (AvgIpc) is 2.99. The molecular weight excluding hydrogens is 426 g/mol. The van der Waals surface area contributed by atoms with Crippen molar-refractivity contribution in [3.63, 3.8) is 0 Å². The first-order valence-electron chi connectivity index (χ1n) is 8.88. The van der Waals surface area contributed by atoms with E-state index in [-0.39, 0.29) is 17.1 Å². The Morgan fingerprint density at radius 3 is 2.55 bits per heavy atom. The Hall–Kier alpha value is -3.79. The van der Waals surface area contributed by atoms with Gasteiger partial charge in [0.05, 0.1) is 17.6 Å². The van der Waals surface area contributed by atoms with Crippen LogP contribution in [-0.4, -0.2) is 51.9 Å². The fraction of sp³-hybridized carbons (Fsp3) is 0.143. The predicted octanol–water partition coefficient (Wildman–Crippen LogP) is 3.09. The molecule has 1 fully saturated rings. The van der Waals surface area contributed by atoms with E-state index in [0.717, 1.165) is 0 Å². The van der Waals surface area contributed by atoms with E-state index in [1.54, 1.807) is 30.3 Å². The zero-order chi connectivity index (χ0) is 22.5. The minimum absolute atomic E-state index is 0.104. The maximum atomic E-state index is 12.3. The summed E-state index contributed by atoms with van der Waals surface area (Å²) in [5.74, 6) is -2.21. The minimum Gasteiger partial charge on any atom is -0.493 e. The molecule has 0 bridgehead atoms. The number of amides is 2. The van der Waals surface area contributed by atoms with Crippen LogP contribution in [0.4, 0.5) is 4.79 Å². The topological polar surface area (TPSA) is 130 Å². The normalized spacial score (nSPS) is 14.7. The zero-order valence-electron chi connectivity index (χ0n) is 16.2. The third kappa shape index (κ3) is 5.23. The molecule has 1 saturated heterocycles. The minimum atomic E-state index is -1.28. The Morgan fingerprint density at radius 1 is 1.10 bits per heavy atom. The number of rotatable bonds is 8. The predicted molar refractivity (Wildman–Crippen MR) is 111 cm³/mol. The Balaban J connectivity index is 1.76. The number of carboxylic acids is 2. The highest BCUT2D eigenvalue weighted by Gasteiger charge is 2.36. The number of carbonyl (C=O) groups is 4. The molecule has 0 aliphatic carbocycles. The van der Waals surface area contributed by atoms with Crippen molar-refractivity contribution in [2.24, 2.45) is 0 Å². The summed E-state index contributed by atoms with van der Waals surface area (Å²) in [6.07, 6.45) is 1.47. The van der Waals surface area contributed by atoms with E-state index in [2.05, 4.69) is 0 Å². The van der Waals surface area contributed by atoms with Crippen LogP contribution in [0.2, 0.25) is 0 Å². The van der Waals surface area contributed by atoms with Gasteiger partial charge in [0.15, 0.2) is 11.5 Å². The van der Waals surface area contributed by atoms with Crippen LogP contribution in [0.3, 0.4) is 0 Å². The largest absolute Gasteiger partial charge is 0.493 e. The quantitative estimate of drug-likeness (QED) is 0.591. The summed E-state index contributed by atoms with van der Waals surface area (Å²) in [5.41, 5.74) is 1.37. The highest BCUT2D eigenvalue weighted by atomic mass is 32.2. The Labute approximate surface area is 180 Å². The van der Waals surface area contributed by atoms with E-state index >= 15 is 0 Å². The second kappa shape index (κ2) is 9.35. The zero-order valence-corrected chi connectivity index (χ0v) is 17.0. The first-order chi connectivity index (χ1) is 14.8. The second-order valence-corrected chi connectivity index (χ2v) is 7.36. The monoisotopic (exact) mass is 443 g/mol. The maximum Gasteiger partial charge on any atom is 0.335 e. The number of imide groups is 1. The number of thioether (sulfide) groups is 1. The van der Waals surface area contributed by atoms with Gasteiger partial charge in [-0.15, -0.1) is 0 Å². The van der Waals surface area contributed by atoms with Crippen molar-refractivity contribution >= 4 is 40.9 Å². The van der Waals surface area contributed by atoms with Crippen molar-refractivity contribution in [1.82, 2.24) is 4.90 Å². The van der Waals surface area contributed by atoms with Crippen LogP contribution < -0.4 is 9.47 Å². The molecule has 9 nitrogen and oxygen atoms in total. The lowest BCUT2D eigenvalue weighted by atomic mass is 10.1. The van der Waals surface area contributed by atoms with Crippen molar-refractivity contribution in [3.05, 3.63) is 64.1 Å². The molecule has 1 heterocycles. The lowest BCUT2D eigenvalue weighted by molar-refractivity contribution is -0.140. The van der Waals surface area contributed by atoms with E-state index in [4.69, 9.17) is 19.7 Å². The van der Waals surface area contributed by atoms with Crippen LogP contribution in [-0.2, 0) is 16.2 Å². The molecule has 0 unspecified atom stereocenters. The number of carbonyl (C=O) groups excluding carboxylic acids is 2. The van der Waals surface area contributed by atoms with Gasteiger partial charge >= 0.3 is 11.9 Å². The fourth-order valence-corrected chi connectivity index (χ4v) is 3.61. The summed E-state index contributed by atoms with van der Waals surface area (Å²) >= 11 is 0.663. The maximum absolute atomic E-state index is 12.3. The van der Waals surface area contributed by atoms with Gasteiger partial charge in [0.1, 0.15) is 13.2 Å². The molecule has 10 heteroatoms. The van der Waals surface area contributed by atoms with E-state index in [0.29, 0.717) is 39.3 Å². The molecule has 31 heavy (non-hydrogen) atoms. The molecule has 2 aromatic rings. The van der Waals surface area contributed by atoms with Gasteiger partial charge in [0.2, 0.25) is 0 Å². The third-order valence-corrected chi connectivity index (χ3v) is 5.13.